The van der Waals surface area contributed by atoms with Gasteiger partial charge in [0.25, 0.3) is 0 Å². The smallest absolute Gasteiger partial charge is 0.236 e. The summed E-state index contributed by atoms with van der Waals surface area (Å²) in [5.74, 6) is 0. The maximum Gasteiger partial charge on any atom is 0.236 e. The van der Waals surface area contributed by atoms with E-state index >= 15 is 0 Å². The first-order valence-corrected chi connectivity index (χ1v) is 10.5. The van der Waals surface area contributed by atoms with E-state index in [4.69, 9.17) is 5.26 Å². The lowest BCUT2D eigenvalue weighted by atomic mass is 10.1. The highest BCUT2D eigenvalue weighted by Crippen LogP contribution is 2.14. The third-order valence-electron chi connectivity index (χ3n) is 4.63. The molecule has 2 aromatic rings. The summed E-state index contributed by atoms with van der Waals surface area (Å²) in [5.41, 5.74) is 2.66. The van der Waals surface area contributed by atoms with Gasteiger partial charge in [-0.05, 0) is 42.3 Å². The molecule has 6 heteroatoms. The maximum absolute atomic E-state index is 12.6. The van der Waals surface area contributed by atoms with Gasteiger partial charge in [-0.2, -0.15) is 9.57 Å². The van der Waals surface area contributed by atoms with Crippen molar-refractivity contribution in [3.05, 3.63) is 76.7 Å². The lowest BCUT2D eigenvalue weighted by molar-refractivity contribution is 0.279. The van der Waals surface area contributed by atoms with Crippen LogP contribution in [0.4, 0.5) is 0 Å². The molecule has 3 rings (SSSR count). The molecule has 1 aliphatic heterocycles. The van der Waals surface area contributed by atoms with E-state index in [9.17, 15) is 8.42 Å². The molecule has 0 saturated carbocycles. The van der Waals surface area contributed by atoms with E-state index in [0.717, 1.165) is 30.6 Å². The van der Waals surface area contributed by atoms with E-state index in [1.807, 2.05) is 54.6 Å². The minimum absolute atomic E-state index is 0.484. The summed E-state index contributed by atoms with van der Waals surface area (Å²) in [4.78, 5) is 2.26. The molecule has 0 unspecified atom stereocenters. The highest BCUT2D eigenvalue weighted by atomic mass is 32.2. The second-order valence-electron chi connectivity index (χ2n) is 6.60. The summed E-state index contributed by atoms with van der Waals surface area (Å²) in [6.45, 7) is 3.33. The van der Waals surface area contributed by atoms with Crippen LogP contribution in [0.5, 0.6) is 0 Å². The molecule has 1 aliphatic rings. The molecular weight excluding hydrogens is 358 g/mol. The zero-order chi connectivity index (χ0) is 19.1. The normalized spacial score (nSPS) is 16.9. The second-order valence-corrected chi connectivity index (χ2v) is 8.41. The van der Waals surface area contributed by atoms with Gasteiger partial charge in [0.05, 0.1) is 11.6 Å². The molecule has 0 N–H and O–H groups in total. The zero-order valence-electron chi connectivity index (χ0n) is 15.2. The molecule has 0 amide bonds. The average Bonchev–Trinajstić information content (AvgIpc) is 2.94. The van der Waals surface area contributed by atoms with Crippen LogP contribution in [0.1, 0.15) is 23.1 Å². The second kappa shape index (κ2) is 8.96. The first-order valence-electron chi connectivity index (χ1n) is 9.01. The average molecular weight is 382 g/mol. The fraction of sp³-hybridized carbons (Fsp3) is 0.286. The van der Waals surface area contributed by atoms with E-state index < -0.39 is 10.0 Å². The van der Waals surface area contributed by atoms with E-state index in [2.05, 4.69) is 11.0 Å². The fourth-order valence-corrected chi connectivity index (χ4v) is 4.34. The molecule has 1 saturated heterocycles. The van der Waals surface area contributed by atoms with Crippen LogP contribution in [0.3, 0.4) is 0 Å². The summed E-state index contributed by atoms with van der Waals surface area (Å²) in [5, 5.41) is 10.2. The van der Waals surface area contributed by atoms with Crippen molar-refractivity contribution in [3.8, 4) is 6.07 Å². The van der Waals surface area contributed by atoms with Gasteiger partial charge in [-0.3, -0.25) is 4.90 Å². The molecule has 5 nitrogen and oxygen atoms in total. The zero-order valence-corrected chi connectivity index (χ0v) is 16.0. The van der Waals surface area contributed by atoms with E-state index in [0.29, 0.717) is 25.2 Å². The summed E-state index contributed by atoms with van der Waals surface area (Å²) >= 11 is 0. The fourth-order valence-electron chi connectivity index (χ4n) is 3.12. The van der Waals surface area contributed by atoms with Gasteiger partial charge in [0.15, 0.2) is 0 Å². The lowest BCUT2D eigenvalue weighted by Gasteiger charge is -2.21. The largest absolute Gasteiger partial charge is 0.298 e. The van der Waals surface area contributed by atoms with Gasteiger partial charge in [0.2, 0.25) is 10.0 Å². The number of rotatable bonds is 5. The number of nitrogens with zero attached hydrogens (tertiary/aromatic N) is 3. The Labute approximate surface area is 161 Å². The standard InChI is InChI=1S/C21H23N3O2S/c22-17-20-7-9-21(10-8-20)18-23-12-4-13-24(15-14-23)27(25,26)16-11-19-5-2-1-3-6-19/h1-3,5-11,16H,4,12-15,18H2/b16-11+. The van der Waals surface area contributed by atoms with E-state index in [1.54, 1.807) is 10.4 Å². The Morgan fingerprint density at radius 1 is 0.963 bits per heavy atom. The van der Waals surface area contributed by atoms with Crippen LogP contribution in [0, 0.1) is 11.3 Å². The molecule has 0 aromatic heterocycles. The molecule has 2 aromatic carbocycles. The summed E-state index contributed by atoms with van der Waals surface area (Å²) in [6.07, 6.45) is 2.45. The SMILES string of the molecule is N#Cc1ccc(CN2CCCN(S(=O)(=O)/C=C/c3ccccc3)CC2)cc1. The Bertz CT molecular complexity index is 916. The Balaban J connectivity index is 1.60. The van der Waals surface area contributed by atoms with Crippen LogP contribution in [0.15, 0.2) is 60.0 Å². The Morgan fingerprint density at radius 3 is 2.41 bits per heavy atom. The quantitative estimate of drug-likeness (QED) is 0.798. The van der Waals surface area contributed by atoms with Crippen molar-refractivity contribution in [2.24, 2.45) is 0 Å². The molecule has 27 heavy (non-hydrogen) atoms. The summed E-state index contributed by atoms with van der Waals surface area (Å²) in [6, 6.07) is 19.1. The molecule has 0 spiro atoms. The van der Waals surface area contributed by atoms with Crippen LogP contribution < -0.4 is 0 Å². The van der Waals surface area contributed by atoms with Crippen LogP contribution >= 0.6 is 0 Å². The molecule has 140 valence electrons. The summed E-state index contributed by atoms with van der Waals surface area (Å²) < 4.78 is 26.8. The third-order valence-corrected chi connectivity index (χ3v) is 6.19. The third kappa shape index (κ3) is 5.51. The number of hydrogen-bond donors (Lipinski definition) is 0. The van der Waals surface area contributed by atoms with Crippen LogP contribution in [-0.4, -0.2) is 43.8 Å². The topological polar surface area (TPSA) is 64.4 Å². The lowest BCUT2D eigenvalue weighted by Crippen LogP contribution is -2.33. The van der Waals surface area contributed by atoms with E-state index in [-0.39, 0.29) is 0 Å². The van der Waals surface area contributed by atoms with Crippen molar-refractivity contribution in [3.63, 3.8) is 0 Å². The monoisotopic (exact) mass is 381 g/mol. The van der Waals surface area contributed by atoms with Gasteiger partial charge in [-0.15, -0.1) is 0 Å². The van der Waals surface area contributed by atoms with Crippen molar-refractivity contribution in [1.29, 1.82) is 5.26 Å². The van der Waals surface area contributed by atoms with Gasteiger partial charge in [0.1, 0.15) is 0 Å². The van der Waals surface area contributed by atoms with Crippen molar-refractivity contribution >= 4 is 16.1 Å². The number of benzene rings is 2. The minimum atomic E-state index is -3.42. The van der Waals surface area contributed by atoms with Gasteiger partial charge < -0.3 is 0 Å². The number of sulfonamides is 1. The van der Waals surface area contributed by atoms with Crippen LogP contribution in [0.25, 0.3) is 6.08 Å². The van der Waals surface area contributed by atoms with E-state index in [1.165, 1.54) is 5.41 Å². The molecule has 0 bridgehead atoms. The van der Waals surface area contributed by atoms with Crippen molar-refractivity contribution in [2.75, 3.05) is 26.2 Å². The van der Waals surface area contributed by atoms with Gasteiger partial charge >= 0.3 is 0 Å². The minimum Gasteiger partial charge on any atom is -0.298 e. The highest BCUT2D eigenvalue weighted by Gasteiger charge is 2.23. The first-order chi connectivity index (χ1) is 13.1. The maximum atomic E-state index is 12.6. The first kappa shape index (κ1) is 19.3. The van der Waals surface area contributed by atoms with Gasteiger partial charge in [-0.25, -0.2) is 8.42 Å². The Hall–Kier alpha value is -2.46. The molecule has 0 aliphatic carbocycles. The number of nitriles is 1. The highest BCUT2D eigenvalue weighted by molar-refractivity contribution is 7.92. The Kier molecular flexibility index (Phi) is 6.40. The van der Waals surface area contributed by atoms with Crippen molar-refractivity contribution < 1.29 is 8.42 Å². The van der Waals surface area contributed by atoms with Gasteiger partial charge in [-0.1, -0.05) is 42.5 Å². The van der Waals surface area contributed by atoms with Crippen LogP contribution in [-0.2, 0) is 16.6 Å². The predicted octanol–water partition coefficient (Wildman–Crippen LogP) is 3.07. The molecular formula is C21H23N3O2S. The molecule has 0 radical (unpaired) electrons. The summed E-state index contributed by atoms with van der Waals surface area (Å²) in [7, 11) is -3.42. The van der Waals surface area contributed by atoms with Gasteiger partial charge in [0, 0.05) is 31.6 Å². The van der Waals surface area contributed by atoms with Crippen molar-refractivity contribution in [2.45, 2.75) is 13.0 Å². The molecule has 0 atom stereocenters. The molecule has 1 fully saturated rings. The number of hydrogen-bond acceptors (Lipinski definition) is 4. The predicted molar refractivity (Wildman–Crippen MR) is 107 cm³/mol. The molecule has 1 heterocycles. The van der Waals surface area contributed by atoms with Crippen LogP contribution in [0.2, 0.25) is 0 Å². The van der Waals surface area contributed by atoms with Crippen molar-refractivity contribution in [1.82, 2.24) is 9.21 Å². The Morgan fingerprint density at radius 2 is 1.70 bits per heavy atom.